The van der Waals surface area contributed by atoms with Crippen LogP contribution in [0.3, 0.4) is 0 Å². The summed E-state index contributed by atoms with van der Waals surface area (Å²) in [5, 5.41) is 9.41. The molecule has 0 aliphatic rings. The number of benzene rings is 1. The number of aliphatic hydroxyl groups excluding tert-OH is 1. The Bertz CT molecular complexity index is 369. The number of alkyl halides is 1. The van der Waals surface area contributed by atoms with Crippen molar-refractivity contribution in [1.82, 2.24) is 0 Å². The Labute approximate surface area is 115 Å². The monoisotopic (exact) mass is 270 g/mol. The average molecular weight is 271 g/mol. The zero-order chi connectivity index (χ0) is 13.6. The Morgan fingerprint density at radius 3 is 2.50 bits per heavy atom. The Kier molecular flexibility index (Phi) is 5.97. The van der Waals surface area contributed by atoms with Crippen LogP contribution in [-0.2, 0) is 12.0 Å². The van der Waals surface area contributed by atoms with Crippen molar-refractivity contribution >= 4 is 11.6 Å². The van der Waals surface area contributed by atoms with Gasteiger partial charge in [0.2, 0.25) is 0 Å². The number of rotatable bonds is 6. The van der Waals surface area contributed by atoms with Gasteiger partial charge in [0, 0.05) is 11.4 Å². The molecule has 3 heteroatoms. The summed E-state index contributed by atoms with van der Waals surface area (Å²) in [6.45, 7) is 7.13. The van der Waals surface area contributed by atoms with Crippen molar-refractivity contribution in [3.05, 3.63) is 29.3 Å². The lowest BCUT2D eigenvalue weighted by Crippen LogP contribution is -2.12. The van der Waals surface area contributed by atoms with Crippen LogP contribution in [0.4, 0.5) is 0 Å². The molecule has 0 heterocycles. The third-order valence-electron chi connectivity index (χ3n) is 2.88. The first-order valence-electron chi connectivity index (χ1n) is 6.42. The highest BCUT2D eigenvalue weighted by Crippen LogP contribution is 2.28. The maximum absolute atomic E-state index is 9.41. The number of unbranched alkanes of at least 4 members (excludes halogenated alkanes) is 1. The van der Waals surface area contributed by atoms with E-state index >= 15 is 0 Å². The number of hydrogen-bond acceptors (Lipinski definition) is 2. The third kappa shape index (κ3) is 4.51. The molecule has 1 N–H and O–H groups in total. The molecule has 0 atom stereocenters. The fourth-order valence-electron chi connectivity index (χ4n) is 1.69. The SMILES string of the molecule is CC(C)(C)c1ccc(OCCCCCl)c(CO)c1. The predicted molar refractivity (Wildman–Crippen MR) is 76.5 cm³/mol. The quantitative estimate of drug-likeness (QED) is 0.628. The van der Waals surface area contributed by atoms with Crippen molar-refractivity contribution in [2.75, 3.05) is 12.5 Å². The van der Waals surface area contributed by atoms with Crippen LogP contribution in [0.15, 0.2) is 18.2 Å². The minimum absolute atomic E-state index is 0.00869. The molecule has 0 aromatic heterocycles. The summed E-state index contributed by atoms with van der Waals surface area (Å²) in [4.78, 5) is 0. The van der Waals surface area contributed by atoms with Crippen LogP contribution in [-0.4, -0.2) is 17.6 Å². The van der Waals surface area contributed by atoms with E-state index < -0.39 is 0 Å². The molecule has 0 saturated heterocycles. The Morgan fingerprint density at radius 1 is 1.22 bits per heavy atom. The van der Waals surface area contributed by atoms with E-state index in [-0.39, 0.29) is 12.0 Å². The van der Waals surface area contributed by atoms with Gasteiger partial charge in [-0.1, -0.05) is 26.8 Å². The van der Waals surface area contributed by atoms with Gasteiger partial charge in [-0.15, -0.1) is 11.6 Å². The van der Waals surface area contributed by atoms with E-state index in [1.165, 1.54) is 5.56 Å². The first kappa shape index (κ1) is 15.3. The highest BCUT2D eigenvalue weighted by Gasteiger charge is 2.15. The van der Waals surface area contributed by atoms with E-state index in [4.69, 9.17) is 16.3 Å². The van der Waals surface area contributed by atoms with E-state index in [9.17, 15) is 5.11 Å². The largest absolute Gasteiger partial charge is 0.493 e. The summed E-state index contributed by atoms with van der Waals surface area (Å²) < 4.78 is 5.68. The molecule has 102 valence electrons. The lowest BCUT2D eigenvalue weighted by Gasteiger charge is -2.21. The molecule has 0 unspecified atom stereocenters. The van der Waals surface area contributed by atoms with Gasteiger partial charge in [0.25, 0.3) is 0 Å². The molecule has 0 bridgehead atoms. The van der Waals surface area contributed by atoms with Crippen LogP contribution in [0, 0.1) is 0 Å². The fourth-order valence-corrected chi connectivity index (χ4v) is 1.88. The summed E-state index contributed by atoms with van der Waals surface area (Å²) in [6.07, 6.45) is 1.89. The Morgan fingerprint density at radius 2 is 1.94 bits per heavy atom. The normalized spacial score (nSPS) is 11.6. The topological polar surface area (TPSA) is 29.5 Å². The van der Waals surface area contributed by atoms with Crippen molar-refractivity contribution in [2.24, 2.45) is 0 Å². The number of halogens is 1. The van der Waals surface area contributed by atoms with Gasteiger partial charge in [0.15, 0.2) is 0 Å². The van der Waals surface area contributed by atoms with Gasteiger partial charge in [-0.25, -0.2) is 0 Å². The molecule has 1 aromatic carbocycles. The number of ether oxygens (including phenoxy) is 1. The second kappa shape index (κ2) is 7.01. The molecule has 1 rings (SSSR count). The summed E-state index contributed by atoms with van der Waals surface area (Å²) in [6, 6.07) is 6.04. The Hall–Kier alpha value is -0.730. The van der Waals surface area contributed by atoms with E-state index in [1.54, 1.807) is 0 Å². The highest BCUT2D eigenvalue weighted by molar-refractivity contribution is 6.17. The van der Waals surface area contributed by atoms with Gasteiger partial charge in [0.05, 0.1) is 13.2 Å². The second-order valence-electron chi connectivity index (χ2n) is 5.48. The second-order valence-corrected chi connectivity index (χ2v) is 5.85. The molecule has 1 aromatic rings. The third-order valence-corrected chi connectivity index (χ3v) is 3.15. The number of aliphatic hydroxyl groups is 1. The predicted octanol–water partition coefficient (Wildman–Crippen LogP) is 3.87. The zero-order valence-electron chi connectivity index (χ0n) is 11.5. The number of hydrogen-bond donors (Lipinski definition) is 1. The Balaban J connectivity index is 2.74. The van der Waals surface area contributed by atoms with Gasteiger partial charge >= 0.3 is 0 Å². The minimum atomic E-state index is 0.00869. The van der Waals surface area contributed by atoms with Gasteiger partial charge in [0.1, 0.15) is 5.75 Å². The van der Waals surface area contributed by atoms with Crippen molar-refractivity contribution in [1.29, 1.82) is 0 Å². The molecule has 0 saturated carbocycles. The van der Waals surface area contributed by atoms with Gasteiger partial charge < -0.3 is 9.84 Å². The fraction of sp³-hybridized carbons (Fsp3) is 0.600. The van der Waals surface area contributed by atoms with Gasteiger partial charge in [-0.2, -0.15) is 0 Å². The van der Waals surface area contributed by atoms with Crippen LogP contribution >= 0.6 is 11.6 Å². The molecule has 0 radical (unpaired) electrons. The molecular formula is C15H23ClO2. The first-order chi connectivity index (χ1) is 8.49. The standard InChI is InChI=1S/C15H23ClO2/c1-15(2,3)13-6-7-14(12(10-13)11-17)18-9-5-4-8-16/h6-7,10,17H,4-5,8-9,11H2,1-3H3. The molecule has 0 aliphatic heterocycles. The molecule has 0 amide bonds. The van der Waals surface area contributed by atoms with Crippen LogP contribution < -0.4 is 4.74 Å². The van der Waals surface area contributed by atoms with Crippen LogP contribution in [0.25, 0.3) is 0 Å². The van der Waals surface area contributed by atoms with Gasteiger partial charge in [-0.3, -0.25) is 0 Å². The summed E-state index contributed by atoms with van der Waals surface area (Å²) in [5.74, 6) is 1.44. The molecular weight excluding hydrogens is 248 g/mol. The maximum atomic E-state index is 9.41. The highest BCUT2D eigenvalue weighted by atomic mass is 35.5. The van der Waals surface area contributed by atoms with E-state index in [0.29, 0.717) is 12.5 Å². The molecule has 0 spiro atoms. The maximum Gasteiger partial charge on any atom is 0.124 e. The van der Waals surface area contributed by atoms with Crippen LogP contribution in [0.1, 0.15) is 44.7 Å². The first-order valence-corrected chi connectivity index (χ1v) is 6.95. The zero-order valence-corrected chi connectivity index (χ0v) is 12.3. The van der Waals surface area contributed by atoms with E-state index in [2.05, 4.69) is 26.8 Å². The van der Waals surface area contributed by atoms with Crippen molar-refractivity contribution in [3.63, 3.8) is 0 Å². The summed E-state index contributed by atoms with van der Waals surface area (Å²) >= 11 is 5.62. The average Bonchev–Trinajstić information content (AvgIpc) is 2.33. The smallest absolute Gasteiger partial charge is 0.124 e. The lowest BCUT2D eigenvalue weighted by molar-refractivity contribution is 0.260. The van der Waals surface area contributed by atoms with Crippen LogP contribution in [0.2, 0.25) is 0 Å². The molecule has 0 fully saturated rings. The molecule has 0 aliphatic carbocycles. The minimum Gasteiger partial charge on any atom is -0.493 e. The van der Waals surface area contributed by atoms with Crippen LogP contribution in [0.5, 0.6) is 5.75 Å². The van der Waals surface area contributed by atoms with Crippen molar-refractivity contribution < 1.29 is 9.84 Å². The van der Waals surface area contributed by atoms with Crippen molar-refractivity contribution in [2.45, 2.75) is 45.6 Å². The van der Waals surface area contributed by atoms with E-state index in [1.807, 2.05) is 12.1 Å². The summed E-state index contributed by atoms with van der Waals surface area (Å²) in [7, 11) is 0. The van der Waals surface area contributed by atoms with Crippen molar-refractivity contribution in [3.8, 4) is 5.75 Å². The molecule has 18 heavy (non-hydrogen) atoms. The van der Waals surface area contributed by atoms with Gasteiger partial charge in [-0.05, 0) is 36.0 Å². The van der Waals surface area contributed by atoms with E-state index in [0.717, 1.165) is 24.2 Å². The summed E-state index contributed by atoms with van der Waals surface area (Å²) in [5.41, 5.74) is 2.15. The lowest BCUT2D eigenvalue weighted by atomic mass is 9.86. The molecule has 2 nitrogen and oxygen atoms in total.